The fraction of sp³-hybridized carbons (Fsp3) is 0.467. The highest BCUT2D eigenvalue weighted by atomic mass is 35.5. The Kier molecular flexibility index (Phi) is 5.48. The van der Waals surface area contributed by atoms with Crippen molar-refractivity contribution in [1.82, 2.24) is 4.90 Å². The van der Waals surface area contributed by atoms with Crippen LogP contribution in [0.2, 0.25) is 10.0 Å². The molecule has 0 radical (unpaired) electrons. The molecule has 21 heavy (non-hydrogen) atoms. The number of carbonyl (C=O) groups excluding carboxylic acids is 2. The van der Waals surface area contributed by atoms with E-state index in [1.165, 1.54) is 0 Å². The smallest absolute Gasteiger partial charge is 0.229 e. The maximum Gasteiger partial charge on any atom is 0.229 e. The quantitative estimate of drug-likeness (QED) is 0.898. The van der Waals surface area contributed by atoms with Crippen LogP contribution < -0.4 is 5.32 Å². The molecule has 1 saturated heterocycles. The van der Waals surface area contributed by atoms with Gasteiger partial charge in [-0.05, 0) is 24.6 Å². The second kappa shape index (κ2) is 7.14. The summed E-state index contributed by atoms with van der Waals surface area (Å²) in [5, 5.41) is 3.70. The van der Waals surface area contributed by atoms with Gasteiger partial charge >= 0.3 is 0 Å². The van der Waals surface area contributed by atoms with Crippen molar-refractivity contribution in [3.8, 4) is 0 Å². The molecule has 0 saturated carbocycles. The maximum atomic E-state index is 12.2. The predicted molar refractivity (Wildman–Crippen MR) is 84.7 cm³/mol. The van der Waals surface area contributed by atoms with Crippen LogP contribution in [0.15, 0.2) is 18.2 Å². The van der Waals surface area contributed by atoms with Crippen molar-refractivity contribution in [3.63, 3.8) is 0 Å². The van der Waals surface area contributed by atoms with Crippen LogP contribution in [0.5, 0.6) is 0 Å². The standard InChI is InChI=1S/C15H18Cl2N2O2/c1-2-3-4-19-9-10(5-14(19)20)15(21)18-13-7-11(16)6-12(17)8-13/h6-8,10H,2-5,9H2,1H3,(H,18,21)/t10-/m0/s1. The monoisotopic (exact) mass is 328 g/mol. The molecule has 114 valence electrons. The Hall–Kier alpha value is -1.26. The van der Waals surface area contributed by atoms with E-state index in [0.29, 0.717) is 22.3 Å². The molecule has 1 heterocycles. The number of halogens is 2. The number of nitrogens with one attached hydrogen (secondary N) is 1. The van der Waals surface area contributed by atoms with Gasteiger partial charge in [-0.25, -0.2) is 0 Å². The van der Waals surface area contributed by atoms with Crippen molar-refractivity contribution < 1.29 is 9.59 Å². The Labute approximate surface area is 134 Å². The van der Waals surface area contributed by atoms with Gasteiger partial charge in [0.25, 0.3) is 0 Å². The number of carbonyl (C=O) groups is 2. The molecule has 2 amide bonds. The fourth-order valence-electron chi connectivity index (χ4n) is 2.38. The van der Waals surface area contributed by atoms with Crippen LogP contribution in [0.3, 0.4) is 0 Å². The molecule has 4 nitrogen and oxygen atoms in total. The van der Waals surface area contributed by atoms with Gasteiger partial charge in [0.2, 0.25) is 11.8 Å². The fourth-order valence-corrected chi connectivity index (χ4v) is 2.91. The first-order chi connectivity index (χ1) is 9.99. The molecule has 6 heteroatoms. The third-order valence-electron chi connectivity index (χ3n) is 3.50. The normalized spacial score (nSPS) is 18.1. The largest absolute Gasteiger partial charge is 0.342 e. The molecule has 0 spiro atoms. The zero-order valence-corrected chi connectivity index (χ0v) is 13.4. The molecule has 1 aromatic carbocycles. The molecule has 1 aliphatic heterocycles. The van der Waals surface area contributed by atoms with Crippen molar-refractivity contribution in [2.75, 3.05) is 18.4 Å². The first kappa shape index (κ1) is 16.1. The number of anilines is 1. The summed E-state index contributed by atoms with van der Waals surface area (Å²) in [7, 11) is 0. The highest BCUT2D eigenvalue weighted by Crippen LogP contribution is 2.24. The summed E-state index contributed by atoms with van der Waals surface area (Å²) in [6.45, 7) is 3.29. The summed E-state index contributed by atoms with van der Waals surface area (Å²) in [6, 6.07) is 4.87. The Bertz CT molecular complexity index is 528. The lowest BCUT2D eigenvalue weighted by atomic mass is 10.1. The Morgan fingerprint density at radius 3 is 2.62 bits per heavy atom. The highest BCUT2D eigenvalue weighted by Gasteiger charge is 2.33. The number of hydrogen-bond acceptors (Lipinski definition) is 2. The molecule has 1 atom stereocenters. The van der Waals surface area contributed by atoms with Crippen molar-refractivity contribution in [1.29, 1.82) is 0 Å². The third kappa shape index (κ3) is 4.35. The van der Waals surface area contributed by atoms with E-state index in [0.717, 1.165) is 19.4 Å². The molecule has 0 aliphatic carbocycles. The lowest BCUT2D eigenvalue weighted by Crippen LogP contribution is -2.29. The molecule has 2 rings (SSSR count). The average molecular weight is 329 g/mol. The van der Waals surface area contributed by atoms with E-state index < -0.39 is 0 Å². The summed E-state index contributed by atoms with van der Waals surface area (Å²) >= 11 is 11.8. The maximum absolute atomic E-state index is 12.2. The van der Waals surface area contributed by atoms with Gasteiger partial charge < -0.3 is 10.2 Å². The number of benzene rings is 1. The van der Waals surface area contributed by atoms with E-state index in [1.54, 1.807) is 23.1 Å². The van der Waals surface area contributed by atoms with E-state index in [9.17, 15) is 9.59 Å². The minimum absolute atomic E-state index is 0.0488. The van der Waals surface area contributed by atoms with E-state index in [2.05, 4.69) is 12.2 Å². The minimum Gasteiger partial charge on any atom is -0.342 e. The zero-order valence-electron chi connectivity index (χ0n) is 11.9. The van der Waals surface area contributed by atoms with Crippen LogP contribution in [-0.2, 0) is 9.59 Å². The molecule has 1 N–H and O–H groups in total. The number of hydrogen-bond donors (Lipinski definition) is 1. The highest BCUT2D eigenvalue weighted by molar-refractivity contribution is 6.35. The average Bonchev–Trinajstić information content (AvgIpc) is 2.76. The molecule has 1 aromatic rings. The van der Waals surface area contributed by atoms with Crippen molar-refractivity contribution >= 4 is 40.7 Å². The predicted octanol–water partition coefficient (Wildman–Crippen LogP) is 3.58. The van der Waals surface area contributed by atoms with E-state index in [-0.39, 0.29) is 24.2 Å². The van der Waals surface area contributed by atoms with Crippen LogP contribution in [0.1, 0.15) is 26.2 Å². The Balaban J connectivity index is 1.96. The topological polar surface area (TPSA) is 49.4 Å². The second-order valence-electron chi connectivity index (χ2n) is 5.24. The van der Waals surface area contributed by atoms with Gasteiger partial charge in [0.1, 0.15) is 0 Å². The van der Waals surface area contributed by atoms with Gasteiger partial charge in [0.15, 0.2) is 0 Å². The first-order valence-electron chi connectivity index (χ1n) is 7.04. The van der Waals surface area contributed by atoms with Crippen LogP contribution in [0, 0.1) is 5.92 Å². The van der Waals surface area contributed by atoms with Crippen LogP contribution >= 0.6 is 23.2 Å². The van der Waals surface area contributed by atoms with Gasteiger partial charge in [-0.15, -0.1) is 0 Å². The van der Waals surface area contributed by atoms with Crippen LogP contribution in [0.25, 0.3) is 0 Å². The van der Waals surface area contributed by atoms with Crippen LogP contribution in [-0.4, -0.2) is 29.8 Å². The van der Waals surface area contributed by atoms with Crippen molar-refractivity contribution in [3.05, 3.63) is 28.2 Å². The van der Waals surface area contributed by atoms with Crippen molar-refractivity contribution in [2.24, 2.45) is 5.92 Å². The summed E-state index contributed by atoms with van der Waals surface area (Å²) in [5.41, 5.74) is 0.553. The van der Waals surface area contributed by atoms with Gasteiger partial charge in [-0.2, -0.15) is 0 Å². The number of rotatable bonds is 5. The number of amides is 2. The summed E-state index contributed by atoms with van der Waals surface area (Å²) in [5.74, 6) is -0.430. The summed E-state index contributed by atoms with van der Waals surface area (Å²) < 4.78 is 0. The summed E-state index contributed by atoms with van der Waals surface area (Å²) in [6.07, 6.45) is 2.26. The minimum atomic E-state index is -0.313. The molecule has 0 bridgehead atoms. The van der Waals surface area contributed by atoms with Gasteiger partial charge in [-0.1, -0.05) is 36.5 Å². The lowest BCUT2D eigenvalue weighted by Gasteiger charge is -2.16. The zero-order chi connectivity index (χ0) is 15.4. The molecule has 1 fully saturated rings. The number of unbranched alkanes of at least 4 members (excludes halogenated alkanes) is 1. The lowest BCUT2D eigenvalue weighted by molar-refractivity contribution is -0.128. The van der Waals surface area contributed by atoms with Gasteiger partial charge in [-0.3, -0.25) is 9.59 Å². The molecule has 0 aromatic heterocycles. The first-order valence-corrected chi connectivity index (χ1v) is 7.80. The van der Waals surface area contributed by atoms with Gasteiger partial charge in [0.05, 0.1) is 5.92 Å². The Morgan fingerprint density at radius 2 is 2.00 bits per heavy atom. The molecule has 1 aliphatic rings. The molecular weight excluding hydrogens is 311 g/mol. The van der Waals surface area contributed by atoms with E-state index >= 15 is 0 Å². The van der Waals surface area contributed by atoms with E-state index in [4.69, 9.17) is 23.2 Å². The third-order valence-corrected chi connectivity index (χ3v) is 3.93. The van der Waals surface area contributed by atoms with Crippen molar-refractivity contribution in [2.45, 2.75) is 26.2 Å². The number of likely N-dealkylation sites (tertiary alicyclic amines) is 1. The number of nitrogens with zero attached hydrogens (tertiary/aromatic N) is 1. The van der Waals surface area contributed by atoms with Gasteiger partial charge in [0, 0.05) is 35.2 Å². The Morgan fingerprint density at radius 1 is 1.33 bits per heavy atom. The SMILES string of the molecule is CCCCN1C[C@@H](C(=O)Nc2cc(Cl)cc(Cl)c2)CC1=O. The second-order valence-corrected chi connectivity index (χ2v) is 6.11. The summed E-state index contributed by atoms with van der Waals surface area (Å²) in [4.78, 5) is 25.8. The van der Waals surface area contributed by atoms with E-state index in [1.807, 2.05) is 0 Å². The van der Waals surface area contributed by atoms with Crippen LogP contribution in [0.4, 0.5) is 5.69 Å². The molecule has 0 unspecified atom stereocenters. The molecular formula is C15H18Cl2N2O2.